The third kappa shape index (κ3) is 21.7. The van der Waals surface area contributed by atoms with E-state index < -0.39 is 6.10 Å². The fraction of sp³-hybridized carbons (Fsp3) is 0.885. The number of unbranched alkanes of at least 4 members (excludes halogenated alkanes) is 18. The van der Waals surface area contributed by atoms with Gasteiger partial charge < -0.3 is 5.11 Å². The molecular weight excluding hydrogens is 344 g/mol. The Bertz CT molecular complexity index is 337. The van der Waals surface area contributed by atoms with Crippen molar-refractivity contribution in [3.05, 3.63) is 12.7 Å². The normalized spacial score (nSPS) is 12.2. The Hall–Kier alpha value is -0.630. The van der Waals surface area contributed by atoms with Crippen molar-refractivity contribution in [3.8, 4) is 0 Å². The molecule has 2 nitrogen and oxygen atoms in total. The summed E-state index contributed by atoms with van der Waals surface area (Å²) in [5.41, 5.74) is 0. The Kier molecular flexibility index (Phi) is 22.1. The summed E-state index contributed by atoms with van der Waals surface area (Å²) in [4.78, 5) is 11.1. The molecule has 0 aromatic carbocycles. The van der Waals surface area contributed by atoms with Gasteiger partial charge in [0.2, 0.25) is 0 Å². The average Bonchev–Trinajstić information content (AvgIpc) is 2.69. The number of rotatable bonds is 23. The third-order valence-electron chi connectivity index (χ3n) is 5.81. The number of aliphatic hydroxyl groups is 1. The van der Waals surface area contributed by atoms with Crippen molar-refractivity contribution >= 4 is 5.78 Å². The smallest absolute Gasteiger partial charge is 0.157 e. The molecule has 0 aromatic rings. The topological polar surface area (TPSA) is 37.3 Å². The molecule has 0 saturated heterocycles. The molecule has 1 N–H and O–H groups in total. The Balaban J connectivity index is 3.10. The molecule has 28 heavy (non-hydrogen) atoms. The van der Waals surface area contributed by atoms with Crippen LogP contribution in [0.15, 0.2) is 12.7 Å². The van der Waals surface area contributed by atoms with Gasteiger partial charge in [0, 0.05) is 6.42 Å². The lowest BCUT2D eigenvalue weighted by Crippen LogP contribution is -2.11. The molecule has 0 aliphatic heterocycles. The predicted octanol–water partition coefficient (Wildman–Crippen LogP) is 8.31. The molecule has 0 saturated carbocycles. The highest BCUT2D eigenvalue weighted by molar-refractivity contribution is 5.89. The largest absolute Gasteiger partial charge is 0.393 e. The van der Waals surface area contributed by atoms with Crippen LogP contribution in [0.1, 0.15) is 142 Å². The first kappa shape index (κ1) is 27.4. The van der Waals surface area contributed by atoms with Crippen molar-refractivity contribution in [2.45, 2.75) is 148 Å². The number of carbonyl (C=O) groups excluding carboxylic acids is 1. The quantitative estimate of drug-likeness (QED) is 0.140. The van der Waals surface area contributed by atoms with Gasteiger partial charge in [0.25, 0.3) is 0 Å². The molecule has 1 atom stereocenters. The lowest BCUT2D eigenvalue weighted by Gasteiger charge is -2.08. The van der Waals surface area contributed by atoms with Gasteiger partial charge in [0.1, 0.15) is 0 Å². The van der Waals surface area contributed by atoms with E-state index in [9.17, 15) is 9.90 Å². The van der Waals surface area contributed by atoms with Crippen LogP contribution in [0.5, 0.6) is 0 Å². The summed E-state index contributed by atoms with van der Waals surface area (Å²) in [5.74, 6) is -0.0506. The van der Waals surface area contributed by atoms with E-state index in [1.807, 2.05) is 0 Å². The fourth-order valence-corrected chi connectivity index (χ4v) is 3.88. The lowest BCUT2D eigenvalue weighted by atomic mass is 10.0. The van der Waals surface area contributed by atoms with Crippen molar-refractivity contribution < 1.29 is 9.90 Å². The summed E-state index contributed by atoms with van der Waals surface area (Å²) < 4.78 is 0. The molecule has 0 heterocycles. The summed E-state index contributed by atoms with van der Waals surface area (Å²) in [6, 6.07) is 0. The van der Waals surface area contributed by atoms with Gasteiger partial charge in [-0.1, -0.05) is 135 Å². The van der Waals surface area contributed by atoms with E-state index in [2.05, 4.69) is 13.5 Å². The van der Waals surface area contributed by atoms with E-state index in [0.29, 0.717) is 0 Å². The van der Waals surface area contributed by atoms with E-state index in [1.54, 1.807) is 0 Å². The van der Waals surface area contributed by atoms with E-state index in [4.69, 9.17) is 0 Å². The molecule has 0 radical (unpaired) electrons. The van der Waals surface area contributed by atoms with E-state index in [-0.39, 0.29) is 12.2 Å². The maximum atomic E-state index is 11.1. The maximum absolute atomic E-state index is 11.1. The second-order valence-electron chi connectivity index (χ2n) is 8.68. The minimum Gasteiger partial charge on any atom is -0.393 e. The fourth-order valence-electron chi connectivity index (χ4n) is 3.88. The molecule has 0 amide bonds. The molecule has 0 aromatic heterocycles. The summed E-state index contributed by atoms with van der Waals surface area (Å²) in [7, 11) is 0. The number of hydrogen-bond acceptors (Lipinski definition) is 2. The Morgan fingerprint density at radius 2 is 1.00 bits per heavy atom. The van der Waals surface area contributed by atoms with Crippen LogP contribution in [0, 0.1) is 0 Å². The lowest BCUT2D eigenvalue weighted by molar-refractivity contribution is -0.116. The van der Waals surface area contributed by atoms with Crippen molar-refractivity contribution in [2.75, 3.05) is 0 Å². The van der Waals surface area contributed by atoms with Crippen LogP contribution >= 0.6 is 0 Å². The van der Waals surface area contributed by atoms with Crippen LogP contribution in [0.25, 0.3) is 0 Å². The first-order valence-corrected chi connectivity index (χ1v) is 12.5. The zero-order chi connectivity index (χ0) is 20.7. The Morgan fingerprint density at radius 3 is 1.32 bits per heavy atom. The highest BCUT2D eigenvalue weighted by Gasteiger charge is 2.07. The average molecular weight is 395 g/mol. The second-order valence-corrected chi connectivity index (χ2v) is 8.68. The van der Waals surface area contributed by atoms with Crippen LogP contribution < -0.4 is 0 Å². The minimum absolute atomic E-state index is 0.0506. The summed E-state index contributed by atoms with van der Waals surface area (Å²) in [6.07, 6.45) is 28.0. The minimum atomic E-state index is -0.476. The molecule has 0 rings (SSSR count). The maximum Gasteiger partial charge on any atom is 0.157 e. The highest BCUT2D eigenvalue weighted by atomic mass is 16.3. The highest BCUT2D eigenvalue weighted by Crippen LogP contribution is 2.15. The SMILES string of the molecule is C=CC(=O)C[C@@H](O)CCCCCCCCCCCCCCCCCCCCC. The van der Waals surface area contributed by atoms with Gasteiger partial charge in [-0.25, -0.2) is 0 Å². The third-order valence-corrected chi connectivity index (χ3v) is 5.81. The van der Waals surface area contributed by atoms with Crippen LogP contribution in [0.3, 0.4) is 0 Å². The summed E-state index contributed by atoms with van der Waals surface area (Å²) >= 11 is 0. The molecule has 0 aliphatic rings. The van der Waals surface area contributed by atoms with Crippen molar-refractivity contribution in [2.24, 2.45) is 0 Å². The van der Waals surface area contributed by atoms with E-state index in [1.165, 1.54) is 122 Å². The van der Waals surface area contributed by atoms with Gasteiger partial charge in [0.05, 0.1) is 6.10 Å². The summed E-state index contributed by atoms with van der Waals surface area (Å²) in [5, 5.41) is 9.73. The Labute approximate surface area is 176 Å². The predicted molar refractivity (Wildman–Crippen MR) is 124 cm³/mol. The number of carbonyl (C=O) groups is 1. The molecule has 0 bridgehead atoms. The van der Waals surface area contributed by atoms with Crippen LogP contribution in [-0.4, -0.2) is 17.0 Å². The van der Waals surface area contributed by atoms with Crippen LogP contribution in [0.2, 0.25) is 0 Å². The van der Waals surface area contributed by atoms with Crippen molar-refractivity contribution in [1.82, 2.24) is 0 Å². The zero-order valence-corrected chi connectivity index (χ0v) is 19.1. The second kappa shape index (κ2) is 22.7. The van der Waals surface area contributed by atoms with Gasteiger partial charge in [0.15, 0.2) is 5.78 Å². The molecule has 2 heteroatoms. The van der Waals surface area contributed by atoms with Crippen molar-refractivity contribution in [1.29, 1.82) is 0 Å². The van der Waals surface area contributed by atoms with E-state index in [0.717, 1.165) is 12.8 Å². The molecule has 0 aliphatic carbocycles. The molecule has 0 unspecified atom stereocenters. The van der Waals surface area contributed by atoms with Gasteiger partial charge in [-0.3, -0.25) is 4.79 Å². The first-order chi connectivity index (χ1) is 13.7. The number of hydrogen-bond donors (Lipinski definition) is 1. The number of aliphatic hydroxyl groups excluding tert-OH is 1. The van der Waals surface area contributed by atoms with Gasteiger partial charge >= 0.3 is 0 Å². The van der Waals surface area contributed by atoms with Gasteiger partial charge in [-0.2, -0.15) is 0 Å². The molecule has 0 spiro atoms. The van der Waals surface area contributed by atoms with Gasteiger partial charge in [-0.15, -0.1) is 0 Å². The van der Waals surface area contributed by atoms with E-state index >= 15 is 0 Å². The number of ketones is 1. The first-order valence-electron chi connectivity index (χ1n) is 12.5. The molecule has 0 fully saturated rings. The van der Waals surface area contributed by atoms with Crippen LogP contribution in [-0.2, 0) is 4.79 Å². The standard InChI is InChI=1S/C26H50O2/c1-3-5-6-7-8-9-10-11-12-13-14-15-16-17-18-19-20-21-22-23-26(28)24-25(27)4-2/h4,26,28H,2-3,5-24H2,1H3/t26-/m0/s1. The monoisotopic (exact) mass is 394 g/mol. The van der Waals surface area contributed by atoms with Crippen molar-refractivity contribution in [3.63, 3.8) is 0 Å². The number of allylic oxidation sites excluding steroid dienone is 1. The molecule has 166 valence electrons. The van der Waals surface area contributed by atoms with Crippen LogP contribution in [0.4, 0.5) is 0 Å². The molecular formula is C26H50O2. The zero-order valence-electron chi connectivity index (χ0n) is 19.1. The van der Waals surface area contributed by atoms with Gasteiger partial charge in [-0.05, 0) is 12.5 Å². The summed E-state index contributed by atoms with van der Waals surface area (Å²) in [6.45, 7) is 5.72. The Morgan fingerprint density at radius 1 is 0.679 bits per heavy atom.